The number of hydrogen-bond acceptors (Lipinski definition) is 2. The first-order chi connectivity index (χ1) is 6.18. The Morgan fingerprint density at radius 3 is 3.00 bits per heavy atom. The number of fused-ring (bicyclic) bond motifs is 1. The number of benzene rings is 1. The molecule has 1 aromatic carbocycles. The summed E-state index contributed by atoms with van der Waals surface area (Å²) in [4.78, 5) is 10.7. The number of hydrogen-bond donors (Lipinski definition) is 1. The van der Waals surface area contributed by atoms with E-state index in [1.54, 1.807) is 0 Å². The molecule has 1 aromatic rings. The standard InChI is InChI=1S/C10H10O3/c1-6-3-2-4-7-5-8(10(11)12)13-9(6)7/h2-4,8H,5H2,1H3,(H,11,12). The molecule has 0 aromatic heterocycles. The van der Waals surface area contributed by atoms with Gasteiger partial charge in [-0.1, -0.05) is 18.2 Å². The summed E-state index contributed by atoms with van der Waals surface area (Å²) >= 11 is 0. The Kier molecular flexibility index (Phi) is 1.72. The molecule has 0 saturated heterocycles. The summed E-state index contributed by atoms with van der Waals surface area (Å²) in [5.41, 5.74) is 1.99. The molecule has 3 heteroatoms. The van der Waals surface area contributed by atoms with Crippen molar-refractivity contribution in [3.8, 4) is 5.75 Å². The number of carboxylic acid groups (broad SMARTS) is 1. The first-order valence-electron chi connectivity index (χ1n) is 4.16. The minimum absolute atomic E-state index is 0.479. The molecule has 1 aliphatic rings. The lowest BCUT2D eigenvalue weighted by molar-refractivity contribution is -0.144. The van der Waals surface area contributed by atoms with E-state index in [1.165, 1.54) is 0 Å². The quantitative estimate of drug-likeness (QED) is 0.706. The van der Waals surface area contributed by atoms with Crippen LogP contribution < -0.4 is 4.74 Å². The van der Waals surface area contributed by atoms with Crippen molar-refractivity contribution in [2.75, 3.05) is 0 Å². The normalized spacial score (nSPS) is 19.3. The van der Waals surface area contributed by atoms with Crippen LogP contribution in [0.1, 0.15) is 11.1 Å². The van der Waals surface area contributed by atoms with Crippen molar-refractivity contribution in [2.45, 2.75) is 19.4 Å². The molecule has 0 aliphatic carbocycles. The molecule has 1 N–H and O–H groups in total. The van der Waals surface area contributed by atoms with Crippen LogP contribution in [0, 0.1) is 6.92 Å². The van der Waals surface area contributed by atoms with Crippen LogP contribution in [0.25, 0.3) is 0 Å². The van der Waals surface area contributed by atoms with E-state index in [4.69, 9.17) is 9.84 Å². The second-order valence-corrected chi connectivity index (χ2v) is 3.21. The third-order valence-electron chi connectivity index (χ3n) is 2.23. The van der Waals surface area contributed by atoms with Crippen LogP contribution in [-0.4, -0.2) is 17.2 Å². The van der Waals surface area contributed by atoms with Crippen LogP contribution in [0.5, 0.6) is 5.75 Å². The van der Waals surface area contributed by atoms with E-state index in [0.717, 1.165) is 16.9 Å². The Morgan fingerprint density at radius 2 is 2.38 bits per heavy atom. The summed E-state index contributed by atoms with van der Waals surface area (Å²) in [5.74, 6) is -0.148. The van der Waals surface area contributed by atoms with Gasteiger partial charge in [0.1, 0.15) is 5.75 Å². The zero-order chi connectivity index (χ0) is 9.42. The van der Waals surface area contributed by atoms with Gasteiger partial charge < -0.3 is 9.84 Å². The van der Waals surface area contributed by atoms with Gasteiger partial charge in [0, 0.05) is 6.42 Å². The Bertz CT molecular complexity index is 357. The van der Waals surface area contributed by atoms with E-state index >= 15 is 0 Å². The predicted molar refractivity (Wildman–Crippen MR) is 46.9 cm³/mol. The Hall–Kier alpha value is -1.51. The van der Waals surface area contributed by atoms with Gasteiger partial charge in [-0.2, -0.15) is 0 Å². The molecule has 3 nitrogen and oxygen atoms in total. The molecular formula is C10H10O3. The summed E-state index contributed by atoms with van der Waals surface area (Å²) in [5, 5.41) is 8.75. The molecule has 0 radical (unpaired) electrons. The molecule has 68 valence electrons. The monoisotopic (exact) mass is 178 g/mol. The van der Waals surface area contributed by atoms with Crippen molar-refractivity contribution in [3.63, 3.8) is 0 Å². The minimum Gasteiger partial charge on any atom is -0.478 e. The van der Waals surface area contributed by atoms with Crippen LogP contribution in [0.15, 0.2) is 18.2 Å². The highest BCUT2D eigenvalue weighted by Crippen LogP contribution is 2.31. The Labute approximate surface area is 76.0 Å². The number of para-hydroxylation sites is 1. The SMILES string of the molecule is Cc1cccc2c1OC(C(=O)O)C2. The lowest BCUT2D eigenvalue weighted by atomic mass is 10.1. The molecule has 0 spiro atoms. The van der Waals surface area contributed by atoms with E-state index in [2.05, 4.69) is 0 Å². The number of ether oxygens (including phenoxy) is 1. The highest BCUT2D eigenvalue weighted by atomic mass is 16.5. The first-order valence-corrected chi connectivity index (χ1v) is 4.16. The summed E-state index contributed by atoms with van der Waals surface area (Å²) < 4.78 is 5.30. The van der Waals surface area contributed by atoms with Gasteiger partial charge in [-0.25, -0.2) is 4.79 Å². The topological polar surface area (TPSA) is 46.5 Å². The zero-order valence-electron chi connectivity index (χ0n) is 7.28. The largest absolute Gasteiger partial charge is 0.478 e. The van der Waals surface area contributed by atoms with Crippen molar-refractivity contribution in [3.05, 3.63) is 29.3 Å². The number of carbonyl (C=O) groups is 1. The number of carboxylic acids is 1. The summed E-state index contributed by atoms with van der Waals surface area (Å²) in [6, 6.07) is 5.75. The predicted octanol–water partition coefficient (Wildman–Crippen LogP) is 1.38. The van der Waals surface area contributed by atoms with Gasteiger partial charge in [-0.3, -0.25) is 0 Å². The van der Waals surface area contributed by atoms with Crippen LogP contribution >= 0.6 is 0 Å². The molecule has 1 atom stereocenters. The smallest absolute Gasteiger partial charge is 0.345 e. The fourth-order valence-corrected chi connectivity index (χ4v) is 1.56. The maximum Gasteiger partial charge on any atom is 0.345 e. The van der Waals surface area contributed by atoms with Crippen molar-refractivity contribution in [1.82, 2.24) is 0 Å². The summed E-state index contributed by atoms with van der Waals surface area (Å²) in [7, 11) is 0. The average molecular weight is 178 g/mol. The molecule has 2 rings (SSSR count). The fourth-order valence-electron chi connectivity index (χ4n) is 1.56. The maximum atomic E-state index is 10.7. The Balaban J connectivity index is 2.35. The van der Waals surface area contributed by atoms with Gasteiger partial charge >= 0.3 is 5.97 Å². The molecule has 1 aliphatic heterocycles. The third-order valence-corrected chi connectivity index (χ3v) is 2.23. The summed E-state index contributed by atoms with van der Waals surface area (Å²) in [6.45, 7) is 1.92. The van der Waals surface area contributed by atoms with Gasteiger partial charge in [-0.05, 0) is 18.1 Å². The van der Waals surface area contributed by atoms with E-state index in [-0.39, 0.29) is 0 Å². The van der Waals surface area contributed by atoms with E-state index < -0.39 is 12.1 Å². The highest BCUT2D eigenvalue weighted by molar-refractivity contribution is 5.75. The van der Waals surface area contributed by atoms with E-state index in [9.17, 15) is 4.79 Å². The van der Waals surface area contributed by atoms with Crippen LogP contribution in [0.2, 0.25) is 0 Å². The van der Waals surface area contributed by atoms with Gasteiger partial charge in [0.25, 0.3) is 0 Å². The number of aliphatic carboxylic acids is 1. The summed E-state index contributed by atoms with van der Waals surface area (Å²) in [6.07, 6.45) is -0.220. The molecule has 1 unspecified atom stereocenters. The van der Waals surface area contributed by atoms with Crippen LogP contribution in [-0.2, 0) is 11.2 Å². The number of aryl methyl sites for hydroxylation is 1. The molecule has 0 amide bonds. The van der Waals surface area contributed by atoms with Crippen molar-refractivity contribution in [1.29, 1.82) is 0 Å². The van der Waals surface area contributed by atoms with E-state index in [1.807, 2.05) is 25.1 Å². The molecule has 13 heavy (non-hydrogen) atoms. The molecular weight excluding hydrogens is 168 g/mol. The second-order valence-electron chi connectivity index (χ2n) is 3.21. The van der Waals surface area contributed by atoms with Gasteiger partial charge in [-0.15, -0.1) is 0 Å². The van der Waals surface area contributed by atoms with Crippen LogP contribution in [0.4, 0.5) is 0 Å². The van der Waals surface area contributed by atoms with Crippen molar-refractivity contribution >= 4 is 5.97 Å². The first kappa shape index (κ1) is 8.10. The molecule has 1 heterocycles. The zero-order valence-corrected chi connectivity index (χ0v) is 7.28. The Morgan fingerprint density at radius 1 is 1.62 bits per heavy atom. The van der Waals surface area contributed by atoms with Gasteiger partial charge in [0.05, 0.1) is 0 Å². The van der Waals surface area contributed by atoms with E-state index in [0.29, 0.717) is 6.42 Å². The number of rotatable bonds is 1. The minimum atomic E-state index is -0.893. The van der Waals surface area contributed by atoms with Crippen molar-refractivity contribution < 1.29 is 14.6 Å². The maximum absolute atomic E-state index is 10.7. The molecule has 0 bridgehead atoms. The molecule has 0 saturated carbocycles. The lowest BCUT2D eigenvalue weighted by Crippen LogP contribution is -2.24. The third kappa shape index (κ3) is 1.26. The van der Waals surface area contributed by atoms with Crippen LogP contribution in [0.3, 0.4) is 0 Å². The van der Waals surface area contributed by atoms with Crippen molar-refractivity contribution in [2.24, 2.45) is 0 Å². The average Bonchev–Trinajstić information content (AvgIpc) is 2.49. The lowest BCUT2D eigenvalue weighted by Gasteiger charge is -2.05. The second kappa shape index (κ2) is 2.76. The fraction of sp³-hybridized carbons (Fsp3) is 0.300. The molecule has 0 fully saturated rings. The van der Waals surface area contributed by atoms with Gasteiger partial charge in [0.15, 0.2) is 6.10 Å². The van der Waals surface area contributed by atoms with Gasteiger partial charge in [0.2, 0.25) is 0 Å². The highest BCUT2D eigenvalue weighted by Gasteiger charge is 2.29.